The molecule has 0 atom stereocenters. The molecule has 0 unspecified atom stereocenters. The molecule has 1 N–H and O–H groups in total. The summed E-state index contributed by atoms with van der Waals surface area (Å²) in [6.45, 7) is 6.37. The second-order valence-electron chi connectivity index (χ2n) is 5.04. The molecule has 1 aromatic heterocycles. The SMILES string of the molecule is CCCNc1nc(COCC)nc2c1CCCCC2. The third kappa shape index (κ3) is 3.90. The van der Waals surface area contributed by atoms with Gasteiger partial charge < -0.3 is 10.1 Å². The minimum absolute atomic E-state index is 0.518. The Balaban J connectivity index is 2.25. The summed E-state index contributed by atoms with van der Waals surface area (Å²) in [5, 5.41) is 3.46. The van der Waals surface area contributed by atoms with Crippen LogP contribution in [-0.4, -0.2) is 23.1 Å². The quantitative estimate of drug-likeness (QED) is 0.801. The van der Waals surface area contributed by atoms with E-state index in [2.05, 4.69) is 17.2 Å². The number of aryl methyl sites for hydroxylation is 1. The third-order valence-corrected chi connectivity index (χ3v) is 3.46. The zero-order valence-electron chi connectivity index (χ0n) is 12.2. The Morgan fingerprint density at radius 1 is 1.11 bits per heavy atom. The van der Waals surface area contributed by atoms with Crippen LogP contribution in [0.15, 0.2) is 0 Å². The lowest BCUT2D eigenvalue weighted by Crippen LogP contribution is -2.12. The number of fused-ring (bicyclic) bond motifs is 1. The van der Waals surface area contributed by atoms with E-state index in [-0.39, 0.29) is 0 Å². The fourth-order valence-electron chi connectivity index (χ4n) is 2.47. The Hall–Kier alpha value is -1.16. The van der Waals surface area contributed by atoms with Crippen molar-refractivity contribution in [2.24, 2.45) is 0 Å². The molecular weight excluding hydrogens is 238 g/mol. The predicted octanol–water partition coefficient (Wildman–Crippen LogP) is 3.10. The van der Waals surface area contributed by atoms with Crippen LogP contribution in [0.3, 0.4) is 0 Å². The highest BCUT2D eigenvalue weighted by Crippen LogP contribution is 2.25. The molecule has 0 spiro atoms. The number of ether oxygens (including phenoxy) is 1. The average Bonchev–Trinajstić information content (AvgIpc) is 2.67. The van der Waals surface area contributed by atoms with Crippen molar-refractivity contribution < 1.29 is 4.74 Å². The molecule has 0 bridgehead atoms. The average molecular weight is 263 g/mol. The summed E-state index contributed by atoms with van der Waals surface area (Å²) in [4.78, 5) is 9.36. The van der Waals surface area contributed by atoms with Crippen molar-refractivity contribution in [3.8, 4) is 0 Å². The molecule has 1 aliphatic rings. The molecule has 1 aromatic rings. The summed E-state index contributed by atoms with van der Waals surface area (Å²) in [6.07, 6.45) is 7.09. The smallest absolute Gasteiger partial charge is 0.156 e. The van der Waals surface area contributed by atoms with Crippen LogP contribution < -0.4 is 5.32 Å². The van der Waals surface area contributed by atoms with Crippen LogP contribution in [-0.2, 0) is 24.2 Å². The van der Waals surface area contributed by atoms with E-state index in [4.69, 9.17) is 9.72 Å². The molecule has 4 heteroatoms. The number of hydrogen-bond donors (Lipinski definition) is 1. The van der Waals surface area contributed by atoms with E-state index >= 15 is 0 Å². The third-order valence-electron chi connectivity index (χ3n) is 3.46. The van der Waals surface area contributed by atoms with Gasteiger partial charge in [-0.25, -0.2) is 9.97 Å². The van der Waals surface area contributed by atoms with Gasteiger partial charge in [-0.3, -0.25) is 0 Å². The van der Waals surface area contributed by atoms with E-state index in [9.17, 15) is 0 Å². The Bertz CT molecular complexity index is 407. The highest BCUT2D eigenvalue weighted by molar-refractivity contribution is 5.47. The van der Waals surface area contributed by atoms with Crippen LogP contribution >= 0.6 is 0 Å². The van der Waals surface area contributed by atoms with E-state index in [1.165, 1.54) is 30.5 Å². The van der Waals surface area contributed by atoms with E-state index in [1.54, 1.807) is 0 Å². The molecule has 0 aromatic carbocycles. The van der Waals surface area contributed by atoms with Crippen molar-refractivity contribution in [1.82, 2.24) is 9.97 Å². The summed E-state index contributed by atoms with van der Waals surface area (Å²) >= 11 is 0. The molecule has 1 aliphatic carbocycles. The maximum Gasteiger partial charge on any atom is 0.156 e. The zero-order chi connectivity index (χ0) is 13.5. The summed E-state index contributed by atoms with van der Waals surface area (Å²) < 4.78 is 5.45. The lowest BCUT2D eigenvalue weighted by Gasteiger charge is -2.14. The van der Waals surface area contributed by atoms with E-state index in [0.717, 1.165) is 37.4 Å². The Morgan fingerprint density at radius 3 is 2.74 bits per heavy atom. The second-order valence-corrected chi connectivity index (χ2v) is 5.04. The normalized spacial score (nSPS) is 14.8. The van der Waals surface area contributed by atoms with Crippen LogP contribution in [0.2, 0.25) is 0 Å². The molecule has 4 nitrogen and oxygen atoms in total. The molecule has 0 fully saturated rings. The van der Waals surface area contributed by atoms with Gasteiger partial charge in [0.15, 0.2) is 5.82 Å². The van der Waals surface area contributed by atoms with Gasteiger partial charge in [0.1, 0.15) is 12.4 Å². The largest absolute Gasteiger partial charge is 0.374 e. The maximum atomic E-state index is 5.45. The first-order valence-electron chi connectivity index (χ1n) is 7.55. The number of hydrogen-bond acceptors (Lipinski definition) is 4. The number of nitrogens with zero attached hydrogens (tertiary/aromatic N) is 2. The number of nitrogens with one attached hydrogen (secondary N) is 1. The van der Waals surface area contributed by atoms with Gasteiger partial charge in [0.05, 0.1) is 0 Å². The predicted molar refractivity (Wildman–Crippen MR) is 77.4 cm³/mol. The lowest BCUT2D eigenvalue weighted by molar-refractivity contribution is 0.128. The van der Waals surface area contributed by atoms with Gasteiger partial charge in [-0.2, -0.15) is 0 Å². The van der Waals surface area contributed by atoms with Gasteiger partial charge in [0, 0.05) is 24.4 Å². The topological polar surface area (TPSA) is 47.0 Å². The highest BCUT2D eigenvalue weighted by Gasteiger charge is 2.16. The van der Waals surface area contributed by atoms with Gasteiger partial charge in [-0.05, 0) is 39.0 Å². The van der Waals surface area contributed by atoms with Crippen molar-refractivity contribution in [3.63, 3.8) is 0 Å². The minimum Gasteiger partial charge on any atom is -0.374 e. The van der Waals surface area contributed by atoms with Crippen molar-refractivity contribution in [2.75, 3.05) is 18.5 Å². The number of anilines is 1. The summed E-state index contributed by atoms with van der Waals surface area (Å²) in [7, 11) is 0. The number of aromatic nitrogens is 2. The van der Waals surface area contributed by atoms with Crippen molar-refractivity contribution in [1.29, 1.82) is 0 Å². The van der Waals surface area contributed by atoms with Crippen LogP contribution in [0.1, 0.15) is 56.6 Å². The van der Waals surface area contributed by atoms with Gasteiger partial charge in [-0.1, -0.05) is 13.3 Å². The molecule has 0 saturated carbocycles. The first kappa shape index (κ1) is 14.3. The Labute approximate surface area is 116 Å². The lowest BCUT2D eigenvalue weighted by atomic mass is 10.1. The molecule has 106 valence electrons. The van der Waals surface area contributed by atoms with E-state index < -0.39 is 0 Å². The molecule has 0 saturated heterocycles. The molecule has 2 rings (SSSR count). The summed E-state index contributed by atoms with van der Waals surface area (Å²) in [6, 6.07) is 0. The van der Waals surface area contributed by atoms with Crippen LogP contribution in [0.4, 0.5) is 5.82 Å². The van der Waals surface area contributed by atoms with Gasteiger partial charge >= 0.3 is 0 Å². The standard InChI is InChI=1S/C15H25N3O/c1-3-10-16-15-12-8-6-5-7-9-13(12)17-14(18-15)11-19-4-2/h3-11H2,1-2H3,(H,16,17,18). The van der Waals surface area contributed by atoms with Crippen molar-refractivity contribution in [2.45, 2.75) is 59.0 Å². The van der Waals surface area contributed by atoms with E-state index in [0.29, 0.717) is 13.2 Å². The highest BCUT2D eigenvalue weighted by atomic mass is 16.5. The summed E-state index contributed by atoms with van der Waals surface area (Å²) in [5.74, 6) is 1.87. The number of rotatable bonds is 6. The zero-order valence-corrected chi connectivity index (χ0v) is 12.2. The second kappa shape index (κ2) is 7.43. The molecule has 0 radical (unpaired) electrons. The van der Waals surface area contributed by atoms with Crippen molar-refractivity contribution >= 4 is 5.82 Å². The molecule has 19 heavy (non-hydrogen) atoms. The maximum absolute atomic E-state index is 5.45. The van der Waals surface area contributed by atoms with Gasteiger partial charge in [0.2, 0.25) is 0 Å². The molecule has 1 heterocycles. The fraction of sp³-hybridized carbons (Fsp3) is 0.733. The Morgan fingerprint density at radius 2 is 1.95 bits per heavy atom. The first-order valence-corrected chi connectivity index (χ1v) is 7.55. The van der Waals surface area contributed by atoms with Gasteiger partial charge in [-0.15, -0.1) is 0 Å². The monoisotopic (exact) mass is 263 g/mol. The first-order chi connectivity index (χ1) is 9.35. The molecule has 0 amide bonds. The van der Waals surface area contributed by atoms with Crippen LogP contribution in [0.25, 0.3) is 0 Å². The van der Waals surface area contributed by atoms with Crippen molar-refractivity contribution in [3.05, 3.63) is 17.1 Å². The Kier molecular flexibility index (Phi) is 5.58. The minimum atomic E-state index is 0.518. The molecule has 0 aliphatic heterocycles. The summed E-state index contributed by atoms with van der Waals surface area (Å²) in [5.41, 5.74) is 2.58. The fourth-order valence-corrected chi connectivity index (χ4v) is 2.47. The van der Waals surface area contributed by atoms with Crippen LogP contribution in [0, 0.1) is 0 Å². The molecular formula is C15H25N3O. The van der Waals surface area contributed by atoms with E-state index in [1.807, 2.05) is 6.92 Å². The van der Waals surface area contributed by atoms with Gasteiger partial charge in [0.25, 0.3) is 0 Å². The van der Waals surface area contributed by atoms with Crippen LogP contribution in [0.5, 0.6) is 0 Å².